The fourth-order valence-corrected chi connectivity index (χ4v) is 3.14. The second-order valence-electron chi connectivity index (χ2n) is 6.13. The van der Waals surface area contributed by atoms with E-state index in [2.05, 4.69) is 9.97 Å². The van der Waals surface area contributed by atoms with Gasteiger partial charge in [0.15, 0.2) is 0 Å². The highest BCUT2D eigenvalue weighted by Gasteiger charge is 2.26. The van der Waals surface area contributed by atoms with E-state index in [1.807, 2.05) is 24.3 Å². The second-order valence-corrected chi connectivity index (χ2v) is 6.13. The van der Waals surface area contributed by atoms with Crippen molar-refractivity contribution in [1.29, 1.82) is 0 Å². The van der Waals surface area contributed by atoms with Crippen LogP contribution in [0.3, 0.4) is 0 Å². The molecular formula is C19H16N4O3. The Morgan fingerprint density at radius 3 is 2.42 bits per heavy atom. The number of nitrogens with two attached hydrogens (primary N) is 1. The lowest BCUT2D eigenvalue weighted by Crippen LogP contribution is -2.27. The number of hydrogen-bond acceptors (Lipinski definition) is 6. The summed E-state index contributed by atoms with van der Waals surface area (Å²) in [6.07, 6.45) is 0. The average Bonchev–Trinajstić information content (AvgIpc) is 3.04. The molecule has 0 unspecified atom stereocenters. The zero-order valence-corrected chi connectivity index (χ0v) is 14.1. The number of hydrogen-bond donors (Lipinski definition) is 1. The van der Waals surface area contributed by atoms with Crippen LogP contribution in [0.5, 0.6) is 5.75 Å². The van der Waals surface area contributed by atoms with Crippen LogP contribution in [0, 0.1) is 0 Å². The van der Waals surface area contributed by atoms with Gasteiger partial charge in [0.25, 0.3) is 5.91 Å². The standard InChI is InChI=1S/C19H16N4O3/c1-11(24)26-14-6-7-16-15(8-14)17(22-19(20)21-16)18(25)23-9-12-4-2-3-5-13(12)10-23/h2-8H,9-10H2,1H3,(H2,20,21,22). The summed E-state index contributed by atoms with van der Waals surface area (Å²) in [4.78, 5) is 34.3. The zero-order valence-electron chi connectivity index (χ0n) is 14.1. The molecule has 1 amide bonds. The largest absolute Gasteiger partial charge is 0.427 e. The Hall–Kier alpha value is -3.48. The van der Waals surface area contributed by atoms with Gasteiger partial charge in [-0.25, -0.2) is 9.97 Å². The van der Waals surface area contributed by atoms with Crippen molar-refractivity contribution in [3.63, 3.8) is 0 Å². The number of anilines is 1. The highest BCUT2D eigenvalue weighted by molar-refractivity contribution is 6.05. The molecule has 0 fully saturated rings. The van der Waals surface area contributed by atoms with Crippen LogP contribution in [0.1, 0.15) is 28.5 Å². The molecule has 130 valence electrons. The third-order valence-corrected chi connectivity index (χ3v) is 4.28. The minimum Gasteiger partial charge on any atom is -0.427 e. The summed E-state index contributed by atoms with van der Waals surface area (Å²) >= 11 is 0. The van der Waals surface area contributed by atoms with E-state index < -0.39 is 5.97 Å². The van der Waals surface area contributed by atoms with Crippen molar-refractivity contribution in [2.24, 2.45) is 0 Å². The molecule has 2 N–H and O–H groups in total. The SMILES string of the molecule is CC(=O)Oc1ccc2nc(N)nc(C(=O)N3Cc4ccccc4C3)c2c1. The summed E-state index contributed by atoms with van der Waals surface area (Å²) in [5.41, 5.74) is 8.75. The summed E-state index contributed by atoms with van der Waals surface area (Å²) in [5, 5.41) is 0.499. The van der Waals surface area contributed by atoms with Gasteiger partial charge in [-0.05, 0) is 29.3 Å². The number of ether oxygens (including phenoxy) is 1. The molecule has 4 rings (SSSR count). The summed E-state index contributed by atoms with van der Waals surface area (Å²) in [6.45, 7) is 2.35. The Bertz CT molecular complexity index is 1020. The number of carbonyl (C=O) groups excluding carboxylic acids is 2. The molecule has 0 saturated carbocycles. The number of rotatable bonds is 2. The van der Waals surface area contributed by atoms with E-state index in [4.69, 9.17) is 10.5 Å². The first-order chi connectivity index (χ1) is 12.5. The number of benzene rings is 2. The van der Waals surface area contributed by atoms with E-state index in [1.165, 1.54) is 6.92 Å². The molecule has 0 radical (unpaired) electrons. The molecular weight excluding hydrogens is 332 g/mol. The Balaban J connectivity index is 1.75. The number of esters is 1. The summed E-state index contributed by atoms with van der Waals surface area (Å²) in [6, 6.07) is 12.8. The highest BCUT2D eigenvalue weighted by atomic mass is 16.5. The molecule has 7 nitrogen and oxygen atoms in total. The summed E-state index contributed by atoms with van der Waals surface area (Å²) in [5.74, 6) is -0.321. The first-order valence-electron chi connectivity index (χ1n) is 8.13. The molecule has 2 aromatic carbocycles. The topological polar surface area (TPSA) is 98.4 Å². The van der Waals surface area contributed by atoms with Gasteiger partial charge in [-0.15, -0.1) is 0 Å². The van der Waals surface area contributed by atoms with Gasteiger partial charge in [0.05, 0.1) is 5.52 Å². The molecule has 0 spiro atoms. The van der Waals surface area contributed by atoms with E-state index in [9.17, 15) is 9.59 Å². The maximum Gasteiger partial charge on any atom is 0.308 e. The van der Waals surface area contributed by atoms with Crippen molar-refractivity contribution < 1.29 is 14.3 Å². The number of fused-ring (bicyclic) bond motifs is 2. The Labute approximate surface area is 149 Å². The van der Waals surface area contributed by atoms with Crippen molar-refractivity contribution in [3.05, 3.63) is 59.3 Å². The summed E-state index contributed by atoms with van der Waals surface area (Å²) < 4.78 is 5.11. The van der Waals surface area contributed by atoms with Gasteiger partial charge in [-0.2, -0.15) is 0 Å². The first kappa shape index (κ1) is 16.0. The molecule has 1 aliphatic heterocycles. The maximum absolute atomic E-state index is 13.1. The third kappa shape index (κ3) is 2.83. The van der Waals surface area contributed by atoms with Gasteiger partial charge in [-0.3, -0.25) is 9.59 Å². The smallest absolute Gasteiger partial charge is 0.308 e. The second kappa shape index (κ2) is 6.11. The lowest BCUT2D eigenvalue weighted by Gasteiger charge is -2.16. The predicted molar refractivity (Wildman–Crippen MR) is 95.3 cm³/mol. The van der Waals surface area contributed by atoms with Crippen LogP contribution in [0.15, 0.2) is 42.5 Å². The van der Waals surface area contributed by atoms with Crippen molar-refractivity contribution >= 4 is 28.7 Å². The van der Waals surface area contributed by atoms with Crippen molar-refractivity contribution in [3.8, 4) is 5.75 Å². The van der Waals surface area contributed by atoms with Gasteiger partial charge >= 0.3 is 5.97 Å². The Morgan fingerprint density at radius 1 is 1.08 bits per heavy atom. The normalized spacial score (nSPS) is 12.9. The molecule has 0 aliphatic carbocycles. The van der Waals surface area contributed by atoms with Crippen LogP contribution in [0.2, 0.25) is 0 Å². The van der Waals surface area contributed by atoms with Gasteiger partial charge in [-0.1, -0.05) is 24.3 Å². The van der Waals surface area contributed by atoms with E-state index in [0.717, 1.165) is 11.1 Å². The monoisotopic (exact) mass is 348 g/mol. The number of nitrogens with zero attached hydrogens (tertiary/aromatic N) is 3. The van der Waals surface area contributed by atoms with E-state index in [-0.39, 0.29) is 17.5 Å². The van der Waals surface area contributed by atoms with Crippen LogP contribution in [-0.2, 0) is 17.9 Å². The van der Waals surface area contributed by atoms with E-state index >= 15 is 0 Å². The molecule has 0 bridgehead atoms. The molecule has 0 saturated heterocycles. The Kier molecular flexibility index (Phi) is 3.76. The van der Waals surface area contributed by atoms with E-state index in [0.29, 0.717) is 29.7 Å². The van der Waals surface area contributed by atoms with Gasteiger partial charge < -0.3 is 15.4 Å². The quantitative estimate of drug-likeness (QED) is 0.563. The van der Waals surface area contributed by atoms with Crippen LogP contribution >= 0.6 is 0 Å². The number of aromatic nitrogens is 2. The first-order valence-corrected chi connectivity index (χ1v) is 8.13. The van der Waals surface area contributed by atoms with Crippen LogP contribution in [0.25, 0.3) is 10.9 Å². The van der Waals surface area contributed by atoms with Crippen molar-refractivity contribution in [2.75, 3.05) is 5.73 Å². The lowest BCUT2D eigenvalue weighted by molar-refractivity contribution is -0.131. The third-order valence-electron chi connectivity index (χ3n) is 4.28. The van der Waals surface area contributed by atoms with Crippen molar-refractivity contribution in [2.45, 2.75) is 20.0 Å². The molecule has 7 heteroatoms. The predicted octanol–water partition coefficient (Wildman–Crippen LogP) is 2.29. The van der Waals surface area contributed by atoms with E-state index in [1.54, 1.807) is 23.1 Å². The average molecular weight is 348 g/mol. The summed E-state index contributed by atoms with van der Waals surface area (Å²) in [7, 11) is 0. The molecule has 0 atom stereocenters. The fraction of sp³-hybridized carbons (Fsp3) is 0.158. The highest BCUT2D eigenvalue weighted by Crippen LogP contribution is 2.28. The lowest BCUT2D eigenvalue weighted by atomic mass is 10.1. The van der Waals surface area contributed by atoms with Crippen molar-refractivity contribution in [1.82, 2.24) is 14.9 Å². The van der Waals surface area contributed by atoms with Crippen LogP contribution in [0.4, 0.5) is 5.95 Å². The van der Waals surface area contributed by atoms with Gasteiger partial charge in [0.1, 0.15) is 11.4 Å². The fourth-order valence-electron chi connectivity index (χ4n) is 3.14. The Morgan fingerprint density at radius 2 is 1.77 bits per heavy atom. The molecule has 1 aromatic heterocycles. The minimum absolute atomic E-state index is 0.0257. The van der Waals surface area contributed by atoms with Crippen LogP contribution in [-0.4, -0.2) is 26.7 Å². The number of amides is 1. The molecule has 1 aliphatic rings. The molecule has 3 aromatic rings. The van der Waals surface area contributed by atoms with Crippen LogP contribution < -0.4 is 10.5 Å². The molecule has 26 heavy (non-hydrogen) atoms. The number of nitrogen functional groups attached to an aromatic ring is 1. The maximum atomic E-state index is 13.1. The minimum atomic E-state index is -0.441. The molecule has 2 heterocycles. The van der Waals surface area contributed by atoms with Gasteiger partial charge in [0, 0.05) is 25.4 Å². The zero-order chi connectivity index (χ0) is 18.3. The number of carbonyl (C=O) groups is 2. The van der Waals surface area contributed by atoms with Gasteiger partial charge in [0.2, 0.25) is 5.95 Å².